The lowest BCUT2D eigenvalue weighted by molar-refractivity contribution is -0.112. The maximum Gasteiger partial charge on any atom is 0.266 e. The first-order valence-corrected chi connectivity index (χ1v) is 11.7. The van der Waals surface area contributed by atoms with E-state index in [0.717, 1.165) is 14.5 Å². The lowest BCUT2D eigenvalue weighted by atomic mass is 10.1. The minimum absolute atomic E-state index is 0.0424. The van der Waals surface area contributed by atoms with Crippen molar-refractivity contribution in [3.63, 3.8) is 0 Å². The first kappa shape index (κ1) is 24.1. The Morgan fingerprint density at radius 3 is 2.22 bits per heavy atom. The van der Waals surface area contributed by atoms with E-state index in [-0.39, 0.29) is 5.57 Å². The van der Waals surface area contributed by atoms with Crippen LogP contribution in [0.2, 0.25) is 0 Å². The van der Waals surface area contributed by atoms with E-state index in [4.69, 9.17) is 9.47 Å². The Hall–Kier alpha value is -2.60. The summed E-state index contributed by atoms with van der Waals surface area (Å²) in [5.41, 5.74) is 2.17. The molecule has 0 aromatic heterocycles. The summed E-state index contributed by atoms with van der Waals surface area (Å²) in [6.07, 6.45) is 1.50. The Bertz CT molecular complexity index is 1180. The van der Waals surface area contributed by atoms with Crippen LogP contribution in [0.4, 0.5) is 5.69 Å². The van der Waals surface area contributed by atoms with E-state index in [1.165, 1.54) is 13.2 Å². The number of benzene rings is 3. The fourth-order valence-corrected chi connectivity index (χ4v) is 3.68. The van der Waals surface area contributed by atoms with Gasteiger partial charge in [0.1, 0.15) is 18.2 Å². The number of amides is 1. The van der Waals surface area contributed by atoms with Gasteiger partial charge in [0.2, 0.25) is 0 Å². The molecule has 3 aromatic carbocycles. The van der Waals surface area contributed by atoms with E-state index in [0.29, 0.717) is 33.8 Å². The highest BCUT2D eigenvalue weighted by Gasteiger charge is 2.14. The highest BCUT2D eigenvalue weighted by Crippen LogP contribution is 2.35. The van der Waals surface area contributed by atoms with Crippen molar-refractivity contribution in [2.45, 2.75) is 6.61 Å². The molecule has 1 amide bonds. The highest BCUT2D eigenvalue weighted by atomic mass is 79.9. The molecular weight excluding hydrogens is 604 g/mol. The summed E-state index contributed by atoms with van der Waals surface area (Å²) in [5, 5.41) is 12.2. The van der Waals surface area contributed by atoms with E-state index in [9.17, 15) is 10.1 Å². The Kier molecular flexibility index (Phi) is 8.51. The maximum atomic E-state index is 12.6. The van der Waals surface area contributed by atoms with Crippen molar-refractivity contribution < 1.29 is 14.3 Å². The zero-order valence-corrected chi connectivity index (χ0v) is 21.6. The number of hydrogen-bond donors (Lipinski definition) is 1. The summed E-state index contributed by atoms with van der Waals surface area (Å²) >= 11 is 10.3. The van der Waals surface area contributed by atoms with Crippen molar-refractivity contribution in [3.05, 3.63) is 90.8 Å². The van der Waals surface area contributed by atoms with Crippen LogP contribution in [0.5, 0.6) is 11.5 Å². The molecule has 0 bridgehead atoms. The molecule has 0 atom stereocenters. The number of carbonyl (C=O) groups is 1. The van der Waals surface area contributed by atoms with Crippen LogP contribution >= 0.6 is 47.8 Å². The molecule has 0 saturated heterocycles. The SMILES string of the molecule is COc1cc(C=C(C#N)C(=O)Nc2ccc(Br)cc2)c(Br)cc1OCc1ccc(Br)cc1. The summed E-state index contributed by atoms with van der Waals surface area (Å²) in [5.74, 6) is 0.524. The van der Waals surface area contributed by atoms with Crippen LogP contribution in [0.25, 0.3) is 6.08 Å². The summed E-state index contributed by atoms with van der Waals surface area (Å²) in [7, 11) is 1.54. The molecule has 0 fully saturated rings. The summed E-state index contributed by atoms with van der Waals surface area (Å²) in [4.78, 5) is 12.6. The fraction of sp³-hybridized carbons (Fsp3) is 0.0833. The Morgan fingerprint density at radius 1 is 1.00 bits per heavy atom. The Labute approximate surface area is 211 Å². The predicted octanol–water partition coefficient (Wildman–Crippen LogP) is 7.11. The summed E-state index contributed by atoms with van der Waals surface area (Å²) in [6, 6.07) is 20.3. The minimum atomic E-state index is -0.503. The quantitative estimate of drug-likeness (QED) is 0.226. The highest BCUT2D eigenvalue weighted by molar-refractivity contribution is 9.11. The van der Waals surface area contributed by atoms with Crippen LogP contribution < -0.4 is 14.8 Å². The molecule has 0 aliphatic carbocycles. The standard InChI is InChI=1S/C24H17Br3N2O3/c1-31-22-11-16(10-17(13-28)24(30)29-20-8-6-19(26)7-9-20)21(27)12-23(22)32-14-15-2-4-18(25)5-3-15/h2-12H,14H2,1H3,(H,29,30). The van der Waals surface area contributed by atoms with Crippen LogP contribution in [0.1, 0.15) is 11.1 Å². The van der Waals surface area contributed by atoms with Gasteiger partial charge in [-0.2, -0.15) is 5.26 Å². The van der Waals surface area contributed by atoms with E-state index >= 15 is 0 Å². The van der Waals surface area contributed by atoms with E-state index in [2.05, 4.69) is 53.1 Å². The van der Waals surface area contributed by atoms with Crippen LogP contribution in [0, 0.1) is 11.3 Å². The molecule has 0 aliphatic heterocycles. The molecule has 32 heavy (non-hydrogen) atoms. The summed E-state index contributed by atoms with van der Waals surface area (Å²) < 4.78 is 13.9. The molecule has 0 unspecified atom stereocenters. The molecule has 3 aromatic rings. The van der Waals surface area contributed by atoms with Gasteiger partial charge in [0, 0.05) is 19.1 Å². The monoisotopic (exact) mass is 618 g/mol. The second-order valence-electron chi connectivity index (χ2n) is 6.57. The van der Waals surface area contributed by atoms with Crippen LogP contribution in [-0.2, 0) is 11.4 Å². The molecule has 0 aliphatic rings. The second kappa shape index (κ2) is 11.3. The zero-order valence-electron chi connectivity index (χ0n) is 16.9. The van der Waals surface area contributed by atoms with Crippen molar-refractivity contribution in [1.29, 1.82) is 5.26 Å². The van der Waals surface area contributed by atoms with Gasteiger partial charge < -0.3 is 14.8 Å². The molecule has 3 rings (SSSR count). The minimum Gasteiger partial charge on any atom is -0.493 e. The normalized spacial score (nSPS) is 10.9. The summed E-state index contributed by atoms with van der Waals surface area (Å²) in [6.45, 7) is 0.365. The third kappa shape index (κ3) is 6.45. The van der Waals surface area contributed by atoms with Crippen molar-refractivity contribution in [2.24, 2.45) is 0 Å². The number of carbonyl (C=O) groups excluding carboxylic acids is 1. The molecule has 162 valence electrons. The van der Waals surface area contributed by atoms with Gasteiger partial charge in [0.15, 0.2) is 11.5 Å². The number of rotatable bonds is 7. The van der Waals surface area contributed by atoms with Crippen LogP contribution in [0.3, 0.4) is 0 Å². The average molecular weight is 621 g/mol. The molecule has 0 heterocycles. The molecular formula is C24H17Br3N2O3. The van der Waals surface area contributed by atoms with Crippen LogP contribution in [-0.4, -0.2) is 13.0 Å². The average Bonchev–Trinajstić information content (AvgIpc) is 2.79. The van der Waals surface area contributed by atoms with Crippen molar-refractivity contribution in [2.75, 3.05) is 12.4 Å². The largest absolute Gasteiger partial charge is 0.493 e. The van der Waals surface area contributed by atoms with E-state index in [1.807, 2.05) is 30.3 Å². The van der Waals surface area contributed by atoms with Gasteiger partial charge in [-0.15, -0.1) is 0 Å². The number of nitrogens with zero attached hydrogens (tertiary/aromatic N) is 1. The lowest BCUT2D eigenvalue weighted by Gasteiger charge is -2.13. The van der Waals surface area contributed by atoms with E-state index in [1.54, 1.807) is 36.4 Å². The number of nitriles is 1. The number of hydrogen-bond acceptors (Lipinski definition) is 4. The van der Waals surface area contributed by atoms with Gasteiger partial charge in [-0.25, -0.2) is 0 Å². The van der Waals surface area contributed by atoms with Gasteiger partial charge in [-0.3, -0.25) is 4.79 Å². The third-order valence-corrected chi connectivity index (χ3v) is 6.10. The molecule has 0 spiro atoms. The fourth-order valence-electron chi connectivity index (χ4n) is 2.71. The smallest absolute Gasteiger partial charge is 0.266 e. The first-order valence-electron chi connectivity index (χ1n) is 9.33. The van der Waals surface area contributed by atoms with Crippen molar-refractivity contribution in [1.82, 2.24) is 0 Å². The Balaban J connectivity index is 1.80. The predicted molar refractivity (Wildman–Crippen MR) is 136 cm³/mol. The van der Waals surface area contributed by atoms with Gasteiger partial charge in [-0.05, 0) is 65.7 Å². The van der Waals surface area contributed by atoms with Gasteiger partial charge in [0.25, 0.3) is 5.91 Å². The van der Waals surface area contributed by atoms with Crippen molar-refractivity contribution in [3.8, 4) is 17.6 Å². The van der Waals surface area contributed by atoms with Gasteiger partial charge >= 0.3 is 0 Å². The van der Waals surface area contributed by atoms with Crippen LogP contribution in [0.15, 0.2) is 79.7 Å². The number of methoxy groups -OCH3 is 1. The lowest BCUT2D eigenvalue weighted by Crippen LogP contribution is -2.13. The third-order valence-electron chi connectivity index (χ3n) is 4.36. The first-order chi connectivity index (χ1) is 15.4. The van der Waals surface area contributed by atoms with Crippen molar-refractivity contribution >= 4 is 65.5 Å². The number of anilines is 1. The molecule has 8 heteroatoms. The molecule has 5 nitrogen and oxygen atoms in total. The number of halogens is 3. The topological polar surface area (TPSA) is 71.3 Å². The number of ether oxygens (including phenoxy) is 2. The number of nitrogens with one attached hydrogen (secondary N) is 1. The molecule has 0 saturated carbocycles. The molecule has 1 N–H and O–H groups in total. The van der Waals surface area contributed by atoms with E-state index < -0.39 is 5.91 Å². The molecule has 0 radical (unpaired) electrons. The Morgan fingerprint density at radius 2 is 1.62 bits per heavy atom. The second-order valence-corrected chi connectivity index (χ2v) is 9.26. The zero-order chi connectivity index (χ0) is 23.1. The van der Waals surface area contributed by atoms with Gasteiger partial charge in [0.05, 0.1) is 7.11 Å². The maximum absolute atomic E-state index is 12.6. The van der Waals surface area contributed by atoms with Gasteiger partial charge in [-0.1, -0.05) is 59.9 Å².